The topological polar surface area (TPSA) is 50.3 Å². The molecule has 1 aromatic carbocycles. The fourth-order valence-corrected chi connectivity index (χ4v) is 2.71. The first-order chi connectivity index (χ1) is 10.7. The molecular formula is C16H19FN4O. The third kappa shape index (κ3) is 3.44. The van der Waals surface area contributed by atoms with Gasteiger partial charge in [-0.05, 0) is 25.0 Å². The Morgan fingerprint density at radius 2 is 2.14 bits per heavy atom. The van der Waals surface area contributed by atoms with Crippen molar-refractivity contribution in [3.63, 3.8) is 0 Å². The van der Waals surface area contributed by atoms with E-state index in [9.17, 15) is 4.39 Å². The summed E-state index contributed by atoms with van der Waals surface area (Å²) in [5.41, 5.74) is 1.14. The summed E-state index contributed by atoms with van der Waals surface area (Å²) in [5.74, 6) is 0.903. The molecule has 1 fully saturated rings. The van der Waals surface area contributed by atoms with Crippen LogP contribution in [0.5, 0.6) is 5.75 Å². The molecule has 0 amide bonds. The molecule has 6 heteroatoms. The monoisotopic (exact) mass is 302 g/mol. The number of anilines is 2. The molecule has 1 aliphatic rings. The van der Waals surface area contributed by atoms with Crippen molar-refractivity contribution in [1.29, 1.82) is 0 Å². The van der Waals surface area contributed by atoms with Gasteiger partial charge in [-0.3, -0.25) is 0 Å². The van der Waals surface area contributed by atoms with Crippen molar-refractivity contribution in [3.05, 3.63) is 42.5 Å². The largest absolute Gasteiger partial charge is 0.497 e. The van der Waals surface area contributed by atoms with Crippen molar-refractivity contribution in [1.82, 2.24) is 9.97 Å². The van der Waals surface area contributed by atoms with Gasteiger partial charge in [-0.1, -0.05) is 6.07 Å². The van der Waals surface area contributed by atoms with Crippen LogP contribution in [0.1, 0.15) is 12.8 Å². The van der Waals surface area contributed by atoms with Crippen LogP contribution in [0.4, 0.5) is 16.0 Å². The number of benzene rings is 1. The fraction of sp³-hybridized carbons (Fsp3) is 0.375. The van der Waals surface area contributed by atoms with Gasteiger partial charge in [0.25, 0.3) is 0 Å². The minimum absolute atomic E-state index is 0.241. The van der Waals surface area contributed by atoms with Gasteiger partial charge >= 0.3 is 0 Å². The molecule has 1 saturated heterocycles. The number of halogens is 1. The summed E-state index contributed by atoms with van der Waals surface area (Å²) in [7, 11) is 1.67. The molecule has 1 N–H and O–H groups in total. The molecule has 5 nitrogen and oxygen atoms in total. The van der Waals surface area contributed by atoms with Crippen LogP contribution in [0.2, 0.25) is 0 Å². The zero-order valence-electron chi connectivity index (χ0n) is 12.5. The van der Waals surface area contributed by atoms with E-state index in [1.807, 2.05) is 18.2 Å². The Morgan fingerprint density at radius 1 is 1.32 bits per heavy atom. The van der Waals surface area contributed by atoms with Gasteiger partial charge in [-0.2, -0.15) is 0 Å². The summed E-state index contributed by atoms with van der Waals surface area (Å²) in [6, 6.07) is 8.30. The van der Waals surface area contributed by atoms with Crippen molar-refractivity contribution in [2.45, 2.75) is 18.9 Å². The molecule has 3 rings (SSSR count). The first kappa shape index (κ1) is 14.6. The number of ether oxygens (including phenoxy) is 1. The quantitative estimate of drug-likeness (QED) is 0.941. The highest BCUT2D eigenvalue weighted by Gasteiger charge is 2.21. The predicted octanol–water partition coefficient (Wildman–Crippen LogP) is 2.71. The number of hydrogen-bond acceptors (Lipinski definition) is 5. The lowest BCUT2D eigenvalue weighted by Gasteiger charge is -2.34. The van der Waals surface area contributed by atoms with Crippen molar-refractivity contribution in [3.8, 4) is 5.75 Å². The van der Waals surface area contributed by atoms with E-state index < -0.39 is 5.82 Å². The zero-order chi connectivity index (χ0) is 15.4. The van der Waals surface area contributed by atoms with Crippen molar-refractivity contribution in [2.75, 3.05) is 30.4 Å². The standard InChI is InChI=1S/C16H19FN4O/c1-22-15-6-2-5-14(8-15)21-7-3-4-13(11-21)20-16-18-9-12(17)10-19-16/h2,5-6,8-10,13H,3-4,7,11H2,1H3,(H,18,19,20). The molecule has 1 unspecified atom stereocenters. The van der Waals surface area contributed by atoms with E-state index >= 15 is 0 Å². The second-order valence-electron chi connectivity index (χ2n) is 5.36. The van der Waals surface area contributed by atoms with E-state index in [1.54, 1.807) is 7.11 Å². The normalized spacial score (nSPS) is 18.1. The number of nitrogens with zero attached hydrogens (tertiary/aromatic N) is 3. The number of methoxy groups -OCH3 is 1. The van der Waals surface area contributed by atoms with E-state index in [0.29, 0.717) is 5.95 Å². The van der Waals surface area contributed by atoms with Gasteiger partial charge in [0, 0.05) is 30.9 Å². The van der Waals surface area contributed by atoms with Gasteiger partial charge in [0.2, 0.25) is 5.95 Å². The van der Waals surface area contributed by atoms with Crippen molar-refractivity contribution >= 4 is 11.6 Å². The molecule has 116 valence electrons. The third-order valence-corrected chi connectivity index (χ3v) is 3.79. The molecule has 1 atom stereocenters. The molecule has 2 aromatic rings. The second-order valence-corrected chi connectivity index (χ2v) is 5.36. The summed E-state index contributed by atoms with van der Waals surface area (Å²) in [4.78, 5) is 10.2. The van der Waals surface area contributed by atoms with E-state index in [4.69, 9.17) is 4.74 Å². The number of piperidine rings is 1. The van der Waals surface area contributed by atoms with Crippen LogP contribution in [0.25, 0.3) is 0 Å². The molecule has 0 bridgehead atoms. The summed E-state index contributed by atoms with van der Waals surface area (Å²) >= 11 is 0. The highest BCUT2D eigenvalue weighted by molar-refractivity contribution is 5.51. The van der Waals surface area contributed by atoms with Gasteiger partial charge in [-0.25, -0.2) is 14.4 Å². The van der Waals surface area contributed by atoms with Crippen molar-refractivity contribution < 1.29 is 9.13 Å². The summed E-state index contributed by atoms with van der Waals surface area (Å²) < 4.78 is 18.1. The minimum atomic E-state index is -0.424. The second kappa shape index (κ2) is 6.60. The van der Waals surface area contributed by atoms with Crippen molar-refractivity contribution in [2.24, 2.45) is 0 Å². The Morgan fingerprint density at radius 3 is 2.91 bits per heavy atom. The lowest BCUT2D eigenvalue weighted by molar-refractivity contribution is 0.414. The highest BCUT2D eigenvalue weighted by Crippen LogP contribution is 2.24. The Bertz CT molecular complexity index is 620. The Kier molecular flexibility index (Phi) is 4.37. The molecule has 2 heterocycles. The molecule has 0 spiro atoms. The minimum Gasteiger partial charge on any atom is -0.497 e. The summed E-state index contributed by atoms with van der Waals surface area (Å²) in [6.07, 6.45) is 4.48. The number of rotatable bonds is 4. The van der Waals surface area contributed by atoms with E-state index in [0.717, 1.165) is 37.4 Å². The van der Waals surface area contributed by atoms with Crippen LogP contribution in [0.3, 0.4) is 0 Å². The smallest absolute Gasteiger partial charge is 0.223 e. The van der Waals surface area contributed by atoms with Gasteiger partial charge in [0.15, 0.2) is 5.82 Å². The first-order valence-corrected chi connectivity index (χ1v) is 7.37. The summed E-state index contributed by atoms with van der Waals surface area (Å²) in [6.45, 7) is 1.86. The molecule has 1 aromatic heterocycles. The maximum absolute atomic E-state index is 12.8. The van der Waals surface area contributed by atoms with Gasteiger partial charge < -0.3 is 15.0 Å². The number of nitrogens with one attached hydrogen (secondary N) is 1. The molecular weight excluding hydrogens is 283 g/mol. The zero-order valence-corrected chi connectivity index (χ0v) is 12.5. The molecule has 0 saturated carbocycles. The first-order valence-electron chi connectivity index (χ1n) is 7.37. The van der Waals surface area contributed by atoms with Crippen LogP contribution in [-0.2, 0) is 0 Å². The molecule has 22 heavy (non-hydrogen) atoms. The van der Waals surface area contributed by atoms with E-state index in [1.165, 1.54) is 12.4 Å². The van der Waals surface area contributed by atoms with Crippen LogP contribution < -0.4 is 15.0 Å². The average Bonchev–Trinajstić information content (AvgIpc) is 2.57. The number of hydrogen-bond donors (Lipinski definition) is 1. The molecule has 0 aliphatic carbocycles. The lowest BCUT2D eigenvalue weighted by atomic mass is 10.0. The van der Waals surface area contributed by atoms with Crippen LogP contribution in [-0.4, -0.2) is 36.2 Å². The maximum atomic E-state index is 12.8. The van der Waals surface area contributed by atoms with Crippen LogP contribution in [0.15, 0.2) is 36.7 Å². The van der Waals surface area contributed by atoms with Crippen LogP contribution >= 0.6 is 0 Å². The van der Waals surface area contributed by atoms with Gasteiger partial charge in [0.05, 0.1) is 19.5 Å². The van der Waals surface area contributed by atoms with Gasteiger partial charge in [-0.15, -0.1) is 0 Å². The Balaban J connectivity index is 1.67. The predicted molar refractivity (Wildman–Crippen MR) is 83.8 cm³/mol. The fourth-order valence-electron chi connectivity index (χ4n) is 2.71. The highest BCUT2D eigenvalue weighted by atomic mass is 19.1. The van der Waals surface area contributed by atoms with Gasteiger partial charge in [0.1, 0.15) is 5.75 Å². The molecule has 0 radical (unpaired) electrons. The molecule has 1 aliphatic heterocycles. The Labute approximate surface area is 129 Å². The summed E-state index contributed by atoms with van der Waals surface area (Å²) in [5, 5.41) is 3.27. The third-order valence-electron chi connectivity index (χ3n) is 3.79. The maximum Gasteiger partial charge on any atom is 0.223 e. The van der Waals surface area contributed by atoms with E-state index in [2.05, 4.69) is 26.3 Å². The van der Waals surface area contributed by atoms with E-state index in [-0.39, 0.29) is 6.04 Å². The SMILES string of the molecule is COc1cccc(N2CCCC(Nc3ncc(F)cn3)C2)c1. The average molecular weight is 302 g/mol. The lowest BCUT2D eigenvalue weighted by Crippen LogP contribution is -2.42. The van der Waals surface area contributed by atoms with Crippen LogP contribution in [0, 0.1) is 5.82 Å². The number of aromatic nitrogens is 2. The Hall–Kier alpha value is -2.37.